The summed E-state index contributed by atoms with van der Waals surface area (Å²) in [7, 11) is 0. The third-order valence-electron chi connectivity index (χ3n) is 5.90. The summed E-state index contributed by atoms with van der Waals surface area (Å²) in [5.41, 5.74) is 4.22. The highest BCUT2D eigenvalue weighted by Gasteiger charge is 2.34. The normalized spacial score (nSPS) is 17.0. The summed E-state index contributed by atoms with van der Waals surface area (Å²) in [6, 6.07) is 12.4. The fourth-order valence-electron chi connectivity index (χ4n) is 4.19. The van der Waals surface area contributed by atoms with Crippen molar-refractivity contribution in [1.29, 1.82) is 0 Å². The number of ether oxygens (including phenoxy) is 1. The zero-order valence-electron chi connectivity index (χ0n) is 17.6. The van der Waals surface area contributed by atoms with E-state index in [1.54, 1.807) is 0 Å². The number of nitrogens with zero attached hydrogens (tertiary/aromatic N) is 3. The van der Waals surface area contributed by atoms with E-state index >= 15 is 0 Å². The molecule has 0 bridgehead atoms. The first kappa shape index (κ1) is 19.0. The summed E-state index contributed by atoms with van der Waals surface area (Å²) < 4.78 is 5.75. The van der Waals surface area contributed by atoms with Crippen LogP contribution in [0.2, 0.25) is 0 Å². The van der Waals surface area contributed by atoms with E-state index in [1.165, 1.54) is 5.69 Å². The summed E-state index contributed by atoms with van der Waals surface area (Å²) in [5.74, 6) is 1.53. The van der Waals surface area contributed by atoms with Gasteiger partial charge in [0.25, 0.3) is 0 Å². The molecule has 1 saturated heterocycles. The molecule has 0 atom stereocenters. The van der Waals surface area contributed by atoms with Gasteiger partial charge in [-0.1, -0.05) is 0 Å². The van der Waals surface area contributed by atoms with Crippen LogP contribution < -0.4 is 9.64 Å². The van der Waals surface area contributed by atoms with Gasteiger partial charge in [-0.2, -0.15) is 0 Å². The summed E-state index contributed by atoms with van der Waals surface area (Å²) in [4.78, 5) is 24.8. The van der Waals surface area contributed by atoms with Crippen LogP contribution >= 0.6 is 0 Å². The maximum Gasteiger partial charge on any atom is 0.225 e. The first-order chi connectivity index (χ1) is 14.6. The van der Waals surface area contributed by atoms with E-state index in [9.17, 15) is 4.79 Å². The fourth-order valence-corrected chi connectivity index (χ4v) is 4.19. The predicted octanol–water partition coefficient (Wildman–Crippen LogP) is 4.08. The van der Waals surface area contributed by atoms with Crippen LogP contribution in [-0.4, -0.2) is 53.1 Å². The standard InChI is InChI=1S/C24H28N4O2/c1-16(2)30-19-7-5-17(6-8-19)21-15-20-22(9-10-25-23(20)26-21)27-11-13-28(14-12-27)24(29)18-3-4-18/h5-10,15-16,18H,3-4,11-14H2,1-2H3,(H,25,26). The highest BCUT2D eigenvalue weighted by atomic mass is 16.5. The minimum absolute atomic E-state index is 0.163. The van der Waals surface area contributed by atoms with Crippen LogP contribution in [0.25, 0.3) is 22.3 Å². The second-order valence-corrected chi connectivity index (χ2v) is 8.55. The minimum Gasteiger partial charge on any atom is -0.491 e. The van der Waals surface area contributed by atoms with Crippen molar-refractivity contribution < 1.29 is 9.53 Å². The van der Waals surface area contributed by atoms with Gasteiger partial charge in [-0.15, -0.1) is 0 Å². The third kappa shape index (κ3) is 3.74. The minimum atomic E-state index is 0.163. The quantitative estimate of drug-likeness (QED) is 0.696. The van der Waals surface area contributed by atoms with Gasteiger partial charge in [0.15, 0.2) is 0 Å². The van der Waals surface area contributed by atoms with Gasteiger partial charge < -0.3 is 19.5 Å². The molecule has 1 aromatic carbocycles. The van der Waals surface area contributed by atoms with Crippen LogP contribution in [0.5, 0.6) is 5.75 Å². The summed E-state index contributed by atoms with van der Waals surface area (Å²) in [5, 5.41) is 1.12. The lowest BCUT2D eigenvalue weighted by Gasteiger charge is -2.36. The Labute approximate surface area is 176 Å². The van der Waals surface area contributed by atoms with Gasteiger partial charge in [0.2, 0.25) is 5.91 Å². The molecule has 1 aliphatic carbocycles. The highest BCUT2D eigenvalue weighted by Crippen LogP contribution is 2.33. The van der Waals surface area contributed by atoms with Crippen LogP contribution in [0.3, 0.4) is 0 Å². The number of carbonyl (C=O) groups excluding carboxylic acids is 1. The summed E-state index contributed by atoms with van der Waals surface area (Å²) in [6.07, 6.45) is 4.16. The lowest BCUT2D eigenvalue weighted by Crippen LogP contribution is -2.49. The topological polar surface area (TPSA) is 61.5 Å². The Hall–Kier alpha value is -3.02. The molecule has 0 unspecified atom stereocenters. The number of aromatic amines is 1. The molecule has 1 N–H and O–H groups in total. The van der Waals surface area contributed by atoms with Crippen molar-refractivity contribution in [2.75, 3.05) is 31.1 Å². The number of aromatic nitrogens is 2. The predicted molar refractivity (Wildman–Crippen MR) is 119 cm³/mol. The molecule has 0 spiro atoms. The Kier molecular flexibility index (Phi) is 4.85. The molecule has 1 saturated carbocycles. The monoisotopic (exact) mass is 404 g/mol. The number of amides is 1. The molecule has 6 nitrogen and oxygen atoms in total. The van der Waals surface area contributed by atoms with Crippen LogP contribution in [0.15, 0.2) is 42.6 Å². The molecular formula is C24H28N4O2. The number of fused-ring (bicyclic) bond motifs is 1. The molecule has 5 rings (SSSR count). The number of nitrogens with one attached hydrogen (secondary N) is 1. The van der Waals surface area contributed by atoms with Gasteiger partial charge in [0.1, 0.15) is 11.4 Å². The van der Waals surface area contributed by atoms with Gasteiger partial charge in [0, 0.05) is 55.1 Å². The lowest BCUT2D eigenvalue weighted by molar-refractivity contribution is -0.132. The Morgan fingerprint density at radius 2 is 1.83 bits per heavy atom. The van der Waals surface area contributed by atoms with Gasteiger partial charge >= 0.3 is 0 Å². The Morgan fingerprint density at radius 1 is 1.10 bits per heavy atom. The van der Waals surface area contributed by atoms with Crippen LogP contribution in [0.4, 0.5) is 5.69 Å². The van der Waals surface area contributed by atoms with Crippen molar-refractivity contribution in [3.63, 3.8) is 0 Å². The molecule has 3 aromatic rings. The molecule has 2 aromatic heterocycles. The van der Waals surface area contributed by atoms with E-state index < -0.39 is 0 Å². The SMILES string of the molecule is CC(C)Oc1ccc(-c2cc3c(N4CCN(C(=O)C5CC5)CC4)ccnc3[nH]2)cc1. The lowest BCUT2D eigenvalue weighted by atomic mass is 10.1. The Balaban J connectivity index is 1.36. The number of hydrogen-bond acceptors (Lipinski definition) is 4. The van der Waals surface area contributed by atoms with Crippen LogP contribution in [-0.2, 0) is 4.79 Å². The molecule has 2 fully saturated rings. The number of rotatable bonds is 5. The van der Waals surface area contributed by atoms with Crippen LogP contribution in [0.1, 0.15) is 26.7 Å². The van der Waals surface area contributed by atoms with Crippen LogP contribution in [0, 0.1) is 5.92 Å². The Morgan fingerprint density at radius 3 is 2.50 bits per heavy atom. The highest BCUT2D eigenvalue weighted by molar-refractivity contribution is 5.94. The first-order valence-electron chi connectivity index (χ1n) is 10.9. The van der Waals surface area contributed by atoms with Gasteiger partial charge in [-0.25, -0.2) is 4.98 Å². The van der Waals surface area contributed by atoms with Crippen molar-refractivity contribution in [3.8, 4) is 17.0 Å². The third-order valence-corrected chi connectivity index (χ3v) is 5.90. The van der Waals surface area contributed by atoms with Crippen molar-refractivity contribution in [2.45, 2.75) is 32.8 Å². The van der Waals surface area contributed by atoms with Gasteiger partial charge in [-0.05, 0) is 68.7 Å². The first-order valence-corrected chi connectivity index (χ1v) is 10.9. The van der Waals surface area contributed by atoms with Gasteiger partial charge in [0.05, 0.1) is 6.10 Å². The number of hydrogen-bond donors (Lipinski definition) is 1. The second-order valence-electron chi connectivity index (χ2n) is 8.55. The second kappa shape index (κ2) is 7.67. The van der Waals surface area contributed by atoms with Gasteiger partial charge in [-0.3, -0.25) is 4.79 Å². The smallest absolute Gasteiger partial charge is 0.225 e. The fraction of sp³-hybridized carbons (Fsp3) is 0.417. The molecule has 156 valence electrons. The molecule has 2 aliphatic rings. The van der Waals surface area contributed by atoms with E-state index in [0.29, 0.717) is 11.8 Å². The number of pyridine rings is 1. The zero-order valence-corrected chi connectivity index (χ0v) is 17.6. The molecular weight excluding hydrogens is 376 g/mol. The number of H-pyrrole nitrogens is 1. The zero-order chi connectivity index (χ0) is 20.7. The van der Waals surface area contributed by atoms with E-state index in [-0.39, 0.29) is 6.10 Å². The average Bonchev–Trinajstić information content (AvgIpc) is 3.51. The van der Waals surface area contributed by atoms with Crippen molar-refractivity contribution in [2.24, 2.45) is 5.92 Å². The van der Waals surface area contributed by atoms with E-state index in [2.05, 4.69) is 39.1 Å². The number of carbonyl (C=O) groups is 1. The molecule has 1 amide bonds. The molecule has 30 heavy (non-hydrogen) atoms. The number of benzene rings is 1. The molecule has 1 aliphatic heterocycles. The molecule has 6 heteroatoms. The van der Waals surface area contributed by atoms with E-state index in [4.69, 9.17) is 4.74 Å². The maximum absolute atomic E-state index is 12.3. The van der Waals surface area contributed by atoms with Crippen molar-refractivity contribution >= 4 is 22.6 Å². The maximum atomic E-state index is 12.3. The van der Waals surface area contributed by atoms with Crippen molar-refractivity contribution in [1.82, 2.24) is 14.9 Å². The number of anilines is 1. The van der Waals surface area contributed by atoms with E-state index in [1.807, 2.05) is 37.1 Å². The average molecular weight is 405 g/mol. The summed E-state index contributed by atoms with van der Waals surface area (Å²) in [6.45, 7) is 7.38. The largest absolute Gasteiger partial charge is 0.491 e. The summed E-state index contributed by atoms with van der Waals surface area (Å²) >= 11 is 0. The van der Waals surface area contributed by atoms with E-state index in [0.717, 1.165) is 67.1 Å². The molecule has 0 radical (unpaired) electrons. The number of piperazine rings is 1. The Bertz CT molecular complexity index is 1040. The van der Waals surface area contributed by atoms with Crippen molar-refractivity contribution in [3.05, 3.63) is 42.6 Å². The molecule has 3 heterocycles.